The van der Waals surface area contributed by atoms with E-state index >= 15 is 0 Å². The summed E-state index contributed by atoms with van der Waals surface area (Å²) in [5.74, 6) is 0.659. The number of hydrogen-bond donors (Lipinski definition) is 2. The van der Waals surface area contributed by atoms with Crippen molar-refractivity contribution in [2.24, 2.45) is 0 Å². The summed E-state index contributed by atoms with van der Waals surface area (Å²) in [7, 11) is 0. The molecular formula is C25H32N2O3. The Labute approximate surface area is 179 Å². The molecule has 0 aromatic heterocycles. The zero-order valence-electron chi connectivity index (χ0n) is 17.9. The van der Waals surface area contributed by atoms with Gasteiger partial charge in [0.1, 0.15) is 5.75 Å². The Bertz CT molecular complexity index is 859. The Balaban J connectivity index is 1.61. The van der Waals surface area contributed by atoms with Gasteiger partial charge in [0.15, 0.2) is 6.61 Å². The molecule has 0 bridgehead atoms. The van der Waals surface area contributed by atoms with Gasteiger partial charge in [0.25, 0.3) is 11.8 Å². The predicted molar refractivity (Wildman–Crippen MR) is 120 cm³/mol. The number of carbonyl (C=O) groups is 2. The Morgan fingerprint density at radius 1 is 1.03 bits per heavy atom. The standard InChI is InChI=1S/C25H32N2O3/c1-3-18(2)20-13-8-10-16-23(20)30-17-24(28)27-22-15-9-7-14-21(22)25(29)26-19-11-5-4-6-12-19/h7-10,13-16,18-19H,3-6,11-12,17H2,1-2H3,(H,26,29)(H,27,28)/t18-/m1/s1. The molecule has 1 aliphatic rings. The van der Waals surface area contributed by atoms with E-state index in [1.165, 1.54) is 6.42 Å². The van der Waals surface area contributed by atoms with Crippen molar-refractivity contribution in [3.05, 3.63) is 59.7 Å². The van der Waals surface area contributed by atoms with Crippen LogP contribution in [0.5, 0.6) is 5.75 Å². The van der Waals surface area contributed by atoms with Crippen LogP contribution in [-0.4, -0.2) is 24.5 Å². The van der Waals surface area contributed by atoms with Crippen LogP contribution < -0.4 is 15.4 Å². The van der Waals surface area contributed by atoms with E-state index in [2.05, 4.69) is 24.5 Å². The minimum absolute atomic E-state index is 0.105. The van der Waals surface area contributed by atoms with E-state index in [1.807, 2.05) is 36.4 Å². The summed E-state index contributed by atoms with van der Waals surface area (Å²) in [6.07, 6.45) is 6.57. The van der Waals surface area contributed by atoms with Crippen molar-refractivity contribution in [1.29, 1.82) is 0 Å². The number of nitrogens with one attached hydrogen (secondary N) is 2. The van der Waals surface area contributed by atoms with Gasteiger partial charge in [0, 0.05) is 6.04 Å². The summed E-state index contributed by atoms with van der Waals surface area (Å²) >= 11 is 0. The maximum atomic E-state index is 12.8. The first kappa shape index (κ1) is 21.9. The monoisotopic (exact) mass is 408 g/mol. The van der Waals surface area contributed by atoms with Crippen LogP contribution in [0.15, 0.2) is 48.5 Å². The molecule has 1 atom stereocenters. The van der Waals surface area contributed by atoms with Crippen molar-refractivity contribution < 1.29 is 14.3 Å². The molecule has 2 aromatic rings. The molecule has 2 aromatic carbocycles. The van der Waals surface area contributed by atoms with Gasteiger partial charge in [-0.3, -0.25) is 9.59 Å². The third kappa shape index (κ3) is 5.85. The van der Waals surface area contributed by atoms with Crippen molar-refractivity contribution in [2.45, 2.75) is 64.3 Å². The fraction of sp³-hybridized carbons (Fsp3) is 0.440. The molecule has 2 N–H and O–H groups in total. The Hall–Kier alpha value is -2.82. The molecule has 0 heterocycles. The normalized spacial score (nSPS) is 15.3. The molecule has 1 fully saturated rings. The van der Waals surface area contributed by atoms with Gasteiger partial charge in [-0.15, -0.1) is 0 Å². The molecule has 0 aliphatic heterocycles. The summed E-state index contributed by atoms with van der Waals surface area (Å²) in [6, 6.07) is 15.1. The van der Waals surface area contributed by atoms with Crippen LogP contribution in [0.1, 0.15) is 74.2 Å². The Kier molecular flexibility index (Phi) is 7.89. The molecule has 0 spiro atoms. The predicted octanol–water partition coefficient (Wildman–Crippen LogP) is 5.28. The van der Waals surface area contributed by atoms with Crippen molar-refractivity contribution in [3.8, 4) is 5.75 Å². The van der Waals surface area contributed by atoms with Gasteiger partial charge >= 0.3 is 0 Å². The van der Waals surface area contributed by atoms with Crippen molar-refractivity contribution in [2.75, 3.05) is 11.9 Å². The number of anilines is 1. The lowest BCUT2D eigenvalue weighted by Crippen LogP contribution is -2.36. The smallest absolute Gasteiger partial charge is 0.262 e. The second-order valence-corrected chi connectivity index (χ2v) is 8.04. The van der Waals surface area contributed by atoms with Gasteiger partial charge in [-0.25, -0.2) is 0 Å². The Morgan fingerprint density at radius 2 is 1.73 bits per heavy atom. The number of ether oxygens (including phenoxy) is 1. The zero-order valence-corrected chi connectivity index (χ0v) is 17.9. The van der Waals surface area contributed by atoms with E-state index < -0.39 is 0 Å². The summed E-state index contributed by atoms with van der Waals surface area (Å²) in [5, 5.41) is 5.95. The molecule has 0 unspecified atom stereocenters. The average Bonchev–Trinajstić information content (AvgIpc) is 2.78. The van der Waals surface area contributed by atoms with Crippen LogP contribution in [0.25, 0.3) is 0 Å². The van der Waals surface area contributed by atoms with Gasteiger partial charge in [0.2, 0.25) is 0 Å². The fourth-order valence-electron chi connectivity index (χ4n) is 3.87. The molecule has 5 heteroatoms. The quantitative estimate of drug-likeness (QED) is 0.624. The average molecular weight is 409 g/mol. The maximum absolute atomic E-state index is 12.8. The van der Waals surface area contributed by atoms with E-state index in [9.17, 15) is 9.59 Å². The third-order valence-electron chi connectivity index (χ3n) is 5.81. The first-order chi connectivity index (χ1) is 14.6. The topological polar surface area (TPSA) is 67.4 Å². The van der Waals surface area contributed by atoms with E-state index in [-0.39, 0.29) is 24.5 Å². The Morgan fingerprint density at radius 3 is 2.50 bits per heavy atom. The minimum atomic E-state index is -0.285. The summed E-state index contributed by atoms with van der Waals surface area (Å²) in [5.41, 5.74) is 2.09. The van der Waals surface area contributed by atoms with Crippen LogP contribution >= 0.6 is 0 Å². The van der Waals surface area contributed by atoms with Gasteiger partial charge in [-0.05, 0) is 48.9 Å². The molecule has 3 rings (SSSR count). The lowest BCUT2D eigenvalue weighted by molar-refractivity contribution is -0.118. The molecule has 1 saturated carbocycles. The van der Waals surface area contributed by atoms with Gasteiger partial charge in [0.05, 0.1) is 11.3 Å². The van der Waals surface area contributed by atoms with Crippen molar-refractivity contribution in [3.63, 3.8) is 0 Å². The van der Waals surface area contributed by atoms with Crippen LogP contribution in [-0.2, 0) is 4.79 Å². The van der Waals surface area contributed by atoms with Gasteiger partial charge in [-0.2, -0.15) is 0 Å². The highest BCUT2D eigenvalue weighted by molar-refractivity contribution is 6.04. The minimum Gasteiger partial charge on any atom is -0.483 e. The lowest BCUT2D eigenvalue weighted by atomic mass is 9.95. The van der Waals surface area contributed by atoms with E-state index in [0.717, 1.165) is 43.4 Å². The van der Waals surface area contributed by atoms with Gasteiger partial charge in [-0.1, -0.05) is 63.4 Å². The second-order valence-electron chi connectivity index (χ2n) is 8.04. The van der Waals surface area contributed by atoms with E-state index in [1.54, 1.807) is 12.1 Å². The largest absolute Gasteiger partial charge is 0.483 e. The van der Waals surface area contributed by atoms with Crippen LogP contribution in [0, 0.1) is 0 Å². The highest BCUT2D eigenvalue weighted by Gasteiger charge is 2.19. The summed E-state index contributed by atoms with van der Waals surface area (Å²) in [4.78, 5) is 25.3. The van der Waals surface area contributed by atoms with E-state index in [4.69, 9.17) is 4.74 Å². The number of rotatable bonds is 8. The molecule has 5 nitrogen and oxygen atoms in total. The maximum Gasteiger partial charge on any atom is 0.262 e. The lowest BCUT2D eigenvalue weighted by Gasteiger charge is -2.23. The molecule has 2 amide bonds. The van der Waals surface area contributed by atoms with Crippen LogP contribution in [0.2, 0.25) is 0 Å². The number of carbonyl (C=O) groups excluding carboxylic acids is 2. The number of para-hydroxylation sites is 2. The number of benzene rings is 2. The van der Waals surface area contributed by atoms with Gasteiger partial charge < -0.3 is 15.4 Å². The molecule has 0 radical (unpaired) electrons. The van der Waals surface area contributed by atoms with Crippen LogP contribution in [0.3, 0.4) is 0 Å². The second kappa shape index (κ2) is 10.8. The molecule has 1 aliphatic carbocycles. The molecular weight excluding hydrogens is 376 g/mol. The zero-order chi connectivity index (χ0) is 21.3. The number of hydrogen-bond acceptors (Lipinski definition) is 3. The number of amides is 2. The third-order valence-corrected chi connectivity index (χ3v) is 5.81. The fourth-order valence-corrected chi connectivity index (χ4v) is 3.87. The van der Waals surface area contributed by atoms with E-state index in [0.29, 0.717) is 17.2 Å². The molecule has 30 heavy (non-hydrogen) atoms. The van der Waals surface area contributed by atoms with Crippen molar-refractivity contribution in [1.82, 2.24) is 5.32 Å². The highest BCUT2D eigenvalue weighted by atomic mass is 16.5. The molecule has 0 saturated heterocycles. The first-order valence-corrected chi connectivity index (χ1v) is 11.0. The summed E-state index contributed by atoms with van der Waals surface area (Å²) in [6.45, 7) is 4.17. The first-order valence-electron chi connectivity index (χ1n) is 11.0. The van der Waals surface area contributed by atoms with Crippen LogP contribution in [0.4, 0.5) is 5.69 Å². The highest BCUT2D eigenvalue weighted by Crippen LogP contribution is 2.28. The van der Waals surface area contributed by atoms with Crippen molar-refractivity contribution >= 4 is 17.5 Å². The SMILES string of the molecule is CC[C@@H](C)c1ccccc1OCC(=O)Nc1ccccc1C(=O)NC1CCCCC1. The summed E-state index contributed by atoms with van der Waals surface area (Å²) < 4.78 is 5.80. The molecule has 160 valence electrons.